The maximum Gasteiger partial charge on any atom is 0.338 e. The van der Waals surface area contributed by atoms with Crippen molar-refractivity contribution in [2.45, 2.75) is 310 Å². The van der Waals surface area contributed by atoms with Crippen LogP contribution in [0.4, 0.5) is 0 Å². The highest BCUT2D eigenvalue weighted by Gasteiger charge is 2.70. The fourth-order valence-corrected chi connectivity index (χ4v) is 34.6. The molecule has 12 aliphatic carbocycles. The van der Waals surface area contributed by atoms with Gasteiger partial charge in [-0.05, 0) is 330 Å². The minimum absolute atomic E-state index is 0.0148. The van der Waals surface area contributed by atoms with Crippen LogP contribution in [0.3, 0.4) is 0 Å². The van der Waals surface area contributed by atoms with Crippen LogP contribution in [0.25, 0.3) is 0 Å². The molecule has 0 aliphatic heterocycles. The average molecular weight is 1830 g/mol. The van der Waals surface area contributed by atoms with E-state index in [1.807, 2.05) is 32.6 Å². The number of carboxylic acids is 3. The molecule has 0 radical (unpaired) electrons. The minimum Gasteiger partial charge on any atom is -0.481 e. The van der Waals surface area contributed by atoms with Crippen LogP contribution in [0.15, 0.2) is 91.4 Å². The standard InChI is InChI=1S/C102H138N9O19P/c1-55(10-31-88(118)119)73-25-28-76-91-79(46-85(115)100(73,76)7)97(4)37-34-67(40-61(97)43-82(91)112)109-49-64(103-106-109)52-128-94(124)58-13-19-70(20-14-58)131(127,71-21-15-59(16-22-71)95(125)129-53-65-50-110(107-104-65)68-35-38-98(5)62(41-68)44-83(113)92-77-29-26-74(56(2)11-32-89(120)121)101(77,8)86(116)47-80(92)98)72-23-17-60(18-24-72)96(126)130-54-66-51-111(108-105-66)69-36-39-99(6)63(42-69)45-84(114)93-78-30-27-75(57(3)12-33-90(122)123)102(78,9)87(117)48-81(93)99/h13-24,49-51,55-57,61-63,67-69,73-87,91-93,112-117H,10-12,25-48,52-54H2,1-9H3,(H,118,119)(H,120,121)(H,122,123)/t55-,56-,57-,61+,62+,63+,67+,68+,69+,73-,74-,75-,76+,77+,78+,79+,80+,81+,82-,83-,84-,85+,86+,87+,91+,92+,93+,97+,98+,99+,100-,101-,102-/m1/s1. The lowest BCUT2D eigenvalue weighted by molar-refractivity contribution is -0.204. The van der Waals surface area contributed by atoms with Gasteiger partial charge in [0.15, 0.2) is 7.14 Å². The molecular weight excluding hydrogens is 1690 g/mol. The van der Waals surface area contributed by atoms with E-state index in [0.717, 1.165) is 96.3 Å². The largest absolute Gasteiger partial charge is 0.481 e. The zero-order valence-corrected chi connectivity index (χ0v) is 78.4. The normalized spacial score (nSPS) is 39.3. The maximum absolute atomic E-state index is 16.4. The summed E-state index contributed by atoms with van der Waals surface area (Å²) in [6.07, 6.45) is 20.9. The second-order valence-electron chi connectivity index (χ2n) is 44.9. The number of aromatic nitrogens is 9. The second-order valence-corrected chi connectivity index (χ2v) is 47.6. The van der Waals surface area contributed by atoms with Gasteiger partial charge in [0, 0.05) is 35.2 Å². The van der Waals surface area contributed by atoms with E-state index in [4.69, 9.17) is 14.2 Å². The number of carbonyl (C=O) groups is 6. The summed E-state index contributed by atoms with van der Waals surface area (Å²) in [6.45, 7) is 19.5. The molecule has 12 fully saturated rings. The molecule has 131 heavy (non-hydrogen) atoms. The smallest absolute Gasteiger partial charge is 0.338 e. The van der Waals surface area contributed by atoms with Crippen LogP contribution in [-0.4, -0.2) is 163 Å². The van der Waals surface area contributed by atoms with Gasteiger partial charge >= 0.3 is 35.8 Å². The van der Waals surface area contributed by atoms with E-state index in [9.17, 15) is 74.7 Å². The molecule has 3 heterocycles. The van der Waals surface area contributed by atoms with Crippen molar-refractivity contribution in [1.82, 2.24) is 45.0 Å². The minimum atomic E-state index is -3.92. The maximum atomic E-state index is 16.4. The highest BCUT2D eigenvalue weighted by atomic mass is 31.2. The van der Waals surface area contributed by atoms with Crippen molar-refractivity contribution in [3.63, 3.8) is 0 Å². The molecule has 710 valence electrons. The Kier molecular flexibility index (Phi) is 25.5. The molecule has 0 saturated heterocycles. The number of aliphatic hydroxyl groups is 6. The number of nitrogens with zero attached hydrogens (tertiary/aromatic N) is 9. The van der Waals surface area contributed by atoms with E-state index < -0.39 is 95.8 Å². The van der Waals surface area contributed by atoms with Gasteiger partial charge in [0.05, 0.1) is 90.0 Å². The topological polar surface area (TPSA) is 421 Å². The lowest BCUT2D eigenvalue weighted by Gasteiger charge is -2.63. The molecule has 0 bridgehead atoms. The van der Waals surface area contributed by atoms with Crippen molar-refractivity contribution in [1.29, 1.82) is 0 Å². The van der Waals surface area contributed by atoms with Gasteiger partial charge in [-0.25, -0.2) is 28.4 Å². The summed E-state index contributed by atoms with van der Waals surface area (Å²) in [6, 6.07) is 18.9. The van der Waals surface area contributed by atoms with Crippen LogP contribution in [0.1, 0.15) is 302 Å². The van der Waals surface area contributed by atoms with E-state index in [0.29, 0.717) is 90.8 Å². The van der Waals surface area contributed by atoms with Gasteiger partial charge in [-0.3, -0.25) is 14.4 Å². The third-order valence-electron chi connectivity index (χ3n) is 39.3. The van der Waals surface area contributed by atoms with Crippen LogP contribution in [-0.2, 0) is 53.0 Å². The van der Waals surface area contributed by atoms with Crippen molar-refractivity contribution in [2.75, 3.05) is 0 Å². The van der Waals surface area contributed by atoms with Crippen molar-refractivity contribution < 1.29 is 93.5 Å². The lowest BCUT2D eigenvalue weighted by Crippen LogP contribution is -2.62. The molecule has 29 heteroatoms. The number of carbonyl (C=O) groups excluding carboxylic acids is 3. The number of benzene rings is 3. The van der Waals surface area contributed by atoms with Gasteiger partial charge in [0.2, 0.25) is 0 Å². The van der Waals surface area contributed by atoms with Crippen LogP contribution < -0.4 is 15.9 Å². The van der Waals surface area contributed by atoms with Crippen LogP contribution >= 0.6 is 7.14 Å². The molecule has 9 N–H and O–H groups in total. The Hall–Kier alpha value is -8.11. The quantitative estimate of drug-likeness (QED) is 0.0131. The molecule has 12 saturated carbocycles. The number of aliphatic hydroxyl groups excluding tert-OH is 6. The monoisotopic (exact) mass is 1820 g/mol. The lowest BCUT2D eigenvalue weighted by atomic mass is 9.43. The number of hydrogen-bond acceptors (Lipinski definition) is 22. The number of carboxylic acid groups (broad SMARTS) is 3. The predicted octanol–water partition coefficient (Wildman–Crippen LogP) is 14.1. The Morgan fingerprint density at radius 3 is 0.885 bits per heavy atom. The number of aliphatic carboxylic acids is 3. The molecule has 3 aromatic carbocycles. The highest BCUT2D eigenvalue weighted by Crippen LogP contribution is 2.73. The number of hydrogen-bond donors (Lipinski definition) is 9. The van der Waals surface area contributed by atoms with E-state index in [1.54, 1.807) is 72.8 Å². The summed E-state index contributed by atoms with van der Waals surface area (Å²) < 4.78 is 39.6. The van der Waals surface area contributed by atoms with Crippen molar-refractivity contribution in [3.05, 3.63) is 125 Å². The van der Waals surface area contributed by atoms with E-state index in [2.05, 4.69) is 93.2 Å². The first-order chi connectivity index (χ1) is 62.4. The summed E-state index contributed by atoms with van der Waals surface area (Å²) in [7, 11) is -3.92. The van der Waals surface area contributed by atoms with Crippen LogP contribution in [0, 0.1) is 139 Å². The fourth-order valence-electron chi connectivity index (χ4n) is 32.0. The van der Waals surface area contributed by atoms with Gasteiger partial charge in [-0.15, -0.1) is 15.3 Å². The third-order valence-corrected chi connectivity index (χ3v) is 42.3. The van der Waals surface area contributed by atoms with Gasteiger partial charge in [-0.1, -0.05) is 114 Å². The SMILES string of the molecule is C[C@H](CCC(=O)O)[C@H]1CC[C@H]2[C@@H]3[C@H](O)C[C@@H]4C[C@@H](n5cc(COC(=O)c6ccc(P(=O)(c7ccc(C(=O)OCc8cn([C@H]9CC[C@@]%10(C)[C@@H](C9)C[C@@H](O)[C@@H]9[C@@H]%10C[C@H](O)[C@]%10(C)[C@@H]([C@H](C)CCC(=O)O)CC[C@@H]9%10)nn8)cc7)c7ccc(C(=O)OCc8cn([C@H]9CC[C@@]%10(C)[C@@H](C9)C[C@@H](O)[C@@H]9[C@@H]%10C[C@H](O)[C@]%10(C)[C@@H]([C@H](C)CCC(=O)O)CC[C@@H]9%10)nn8)cc7)cc6)nn5)CC[C@]4(C)[C@H]3C[C@H](O)[C@]12C. The Bertz CT molecular complexity index is 4760. The first-order valence-corrected chi connectivity index (χ1v) is 51.0. The molecule has 33 atom stereocenters. The van der Waals surface area contributed by atoms with E-state index in [-0.39, 0.29) is 197 Å². The Morgan fingerprint density at radius 2 is 0.634 bits per heavy atom. The molecule has 0 unspecified atom stereocenters. The summed E-state index contributed by atoms with van der Waals surface area (Å²) in [4.78, 5) is 76.9. The Labute approximate surface area is 767 Å². The fraction of sp³-hybridized carbons (Fsp3) is 0.706. The van der Waals surface area contributed by atoms with Gasteiger partial charge in [0.1, 0.15) is 36.9 Å². The van der Waals surface area contributed by atoms with Gasteiger partial charge in [-0.2, -0.15) is 0 Å². The summed E-state index contributed by atoms with van der Waals surface area (Å²) in [5.74, 6) is -1.90. The Balaban J connectivity index is 0.524. The van der Waals surface area contributed by atoms with E-state index in [1.165, 1.54) is 0 Å². The van der Waals surface area contributed by atoms with Gasteiger partial charge < -0.3 is 64.7 Å². The molecule has 12 aliphatic rings. The molecular formula is C102H138N9O19P. The zero-order chi connectivity index (χ0) is 92.7. The van der Waals surface area contributed by atoms with Crippen molar-refractivity contribution in [2.24, 2.45) is 139 Å². The number of esters is 3. The van der Waals surface area contributed by atoms with Crippen molar-refractivity contribution >= 4 is 58.9 Å². The van der Waals surface area contributed by atoms with Crippen LogP contribution in [0.2, 0.25) is 0 Å². The number of fused-ring (bicyclic) bond motifs is 15. The molecule has 6 aromatic rings. The summed E-state index contributed by atoms with van der Waals surface area (Å²) in [5, 5.41) is 130. The average Bonchev–Trinajstić information content (AvgIpc) is 1.60. The third kappa shape index (κ3) is 16.3. The second kappa shape index (κ2) is 35.9. The summed E-state index contributed by atoms with van der Waals surface area (Å²) in [5.41, 5.74) is 0.351. The predicted molar refractivity (Wildman–Crippen MR) is 482 cm³/mol. The molecule has 28 nitrogen and oxygen atoms in total. The van der Waals surface area contributed by atoms with Crippen molar-refractivity contribution in [3.8, 4) is 0 Å². The number of rotatable bonds is 27. The van der Waals surface area contributed by atoms with Gasteiger partial charge in [0.25, 0.3) is 0 Å². The highest BCUT2D eigenvalue weighted by molar-refractivity contribution is 7.85. The molecule has 18 rings (SSSR count). The van der Waals surface area contributed by atoms with E-state index >= 15 is 4.57 Å². The zero-order valence-electron chi connectivity index (χ0n) is 77.5. The number of ether oxygens (including phenoxy) is 3. The first-order valence-electron chi connectivity index (χ1n) is 49.3. The molecule has 3 aromatic heterocycles. The van der Waals surface area contributed by atoms with Crippen LogP contribution in [0.5, 0.6) is 0 Å². The Morgan fingerprint density at radius 1 is 0.374 bits per heavy atom. The molecule has 0 spiro atoms. The first kappa shape index (κ1) is 93.3. The molecule has 0 amide bonds. The summed E-state index contributed by atoms with van der Waals surface area (Å²) >= 11 is 0.